The number of halogens is 1. The second-order valence-electron chi connectivity index (χ2n) is 5.33. The van der Waals surface area contributed by atoms with Gasteiger partial charge in [0.1, 0.15) is 24.7 Å². The molecule has 0 saturated heterocycles. The second-order valence-corrected chi connectivity index (χ2v) is 5.73. The largest absolute Gasteiger partial charge is 0.486 e. The lowest BCUT2D eigenvalue weighted by atomic mass is 10.1. The van der Waals surface area contributed by atoms with E-state index in [0.717, 1.165) is 5.56 Å². The molecular weight excluding hydrogens is 328 g/mol. The maximum absolute atomic E-state index is 12.2. The van der Waals surface area contributed by atoms with Crippen molar-refractivity contribution >= 4 is 29.4 Å². The Morgan fingerprint density at radius 3 is 2.71 bits per heavy atom. The van der Waals surface area contributed by atoms with Gasteiger partial charge in [-0.15, -0.1) is 0 Å². The zero-order chi connectivity index (χ0) is 16.5. The Balaban J connectivity index is 1.67. The normalized spacial score (nSPS) is 17.6. The number of amidine groups is 1. The number of hydrogen-bond donors (Lipinski definition) is 1. The molecule has 0 saturated carbocycles. The minimum atomic E-state index is -0.264. The Bertz CT molecular complexity index is 890. The molecule has 0 spiro atoms. The molecule has 120 valence electrons. The van der Waals surface area contributed by atoms with Crippen molar-refractivity contribution in [1.29, 1.82) is 0 Å². The van der Waals surface area contributed by atoms with E-state index in [1.54, 1.807) is 12.1 Å². The average Bonchev–Trinajstić information content (AvgIpc) is 2.96. The highest BCUT2D eigenvalue weighted by Gasteiger charge is 2.22. The molecule has 4 rings (SSSR count). The van der Waals surface area contributed by atoms with Crippen LogP contribution < -0.4 is 14.8 Å². The van der Waals surface area contributed by atoms with E-state index in [0.29, 0.717) is 46.8 Å². The first kappa shape index (κ1) is 14.8. The minimum absolute atomic E-state index is 0.264. The van der Waals surface area contributed by atoms with E-state index in [2.05, 4.69) is 10.3 Å². The predicted molar refractivity (Wildman–Crippen MR) is 91.5 cm³/mol. The van der Waals surface area contributed by atoms with Gasteiger partial charge < -0.3 is 14.8 Å². The van der Waals surface area contributed by atoms with Gasteiger partial charge in [-0.25, -0.2) is 4.99 Å². The SMILES string of the molecule is O=C1NC(c2ccccc2Cl)=N/C1=C/c1ccc2c(c1)OCCO2. The number of benzene rings is 2. The Labute approximate surface area is 143 Å². The van der Waals surface area contributed by atoms with Gasteiger partial charge in [-0.05, 0) is 35.9 Å². The van der Waals surface area contributed by atoms with E-state index in [4.69, 9.17) is 21.1 Å². The number of ether oxygens (including phenoxy) is 2. The number of carbonyl (C=O) groups excluding carboxylic acids is 1. The summed E-state index contributed by atoms with van der Waals surface area (Å²) in [6.07, 6.45) is 1.71. The minimum Gasteiger partial charge on any atom is -0.486 e. The Kier molecular flexibility index (Phi) is 3.70. The first-order valence-corrected chi connectivity index (χ1v) is 7.85. The van der Waals surface area contributed by atoms with Crippen LogP contribution in [0.1, 0.15) is 11.1 Å². The molecule has 0 bridgehead atoms. The van der Waals surface area contributed by atoms with Crippen LogP contribution in [0.3, 0.4) is 0 Å². The molecule has 0 radical (unpaired) electrons. The Hall–Kier alpha value is -2.79. The standard InChI is InChI=1S/C18H13ClN2O3/c19-13-4-2-1-3-12(13)17-20-14(18(22)21-17)9-11-5-6-15-16(10-11)24-8-7-23-15/h1-6,9-10H,7-8H2,(H,20,21,22)/b14-9+. The third kappa shape index (κ3) is 2.74. The van der Waals surface area contributed by atoms with E-state index < -0.39 is 0 Å². The molecule has 1 amide bonds. The molecule has 2 aromatic rings. The summed E-state index contributed by atoms with van der Waals surface area (Å²) in [4.78, 5) is 16.5. The summed E-state index contributed by atoms with van der Waals surface area (Å²) in [5, 5.41) is 3.29. The number of aliphatic imine (C=N–C) groups is 1. The molecule has 2 heterocycles. The maximum atomic E-state index is 12.2. The van der Waals surface area contributed by atoms with Gasteiger partial charge in [-0.3, -0.25) is 4.79 Å². The molecule has 0 fully saturated rings. The van der Waals surface area contributed by atoms with Crippen LogP contribution in [0.2, 0.25) is 5.02 Å². The van der Waals surface area contributed by atoms with Gasteiger partial charge in [-0.1, -0.05) is 29.8 Å². The van der Waals surface area contributed by atoms with E-state index >= 15 is 0 Å². The van der Waals surface area contributed by atoms with Crippen molar-refractivity contribution in [2.45, 2.75) is 0 Å². The summed E-state index contributed by atoms with van der Waals surface area (Å²) in [5.74, 6) is 1.57. The fraction of sp³-hybridized carbons (Fsp3) is 0.111. The van der Waals surface area contributed by atoms with Crippen molar-refractivity contribution in [2.75, 3.05) is 13.2 Å². The quantitative estimate of drug-likeness (QED) is 0.855. The van der Waals surface area contributed by atoms with Crippen molar-refractivity contribution < 1.29 is 14.3 Å². The van der Waals surface area contributed by atoms with Gasteiger partial charge in [0, 0.05) is 5.56 Å². The number of nitrogens with one attached hydrogen (secondary N) is 1. The molecule has 0 aliphatic carbocycles. The molecule has 1 N–H and O–H groups in total. The number of fused-ring (bicyclic) bond motifs is 1. The maximum Gasteiger partial charge on any atom is 0.275 e. The fourth-order valence-electron chi connectivity index (χ4n) is 2.56. The number of amides is 1. The van der Waals surface area contributed by atoms with Crippen LogP contribution in [-0.4, -0.2) is 25.0 Å². The van der Waals surface area contributed by atoms with Crippen molar-refractivity contribution in [1.82, 2.24) is 5.32 Å². The Morgan fingerprint density at radius 1 is 1.08 bits per heavy atom. The number of hydrogen-bond acceptors (Lipinski definition) is 4. The monoisotopic (exact) mass is 340 g/mol. The van der Waals surface area contributed by atoms with Gasteiger partial charge >= 0.3 is 0 Å². The molecule has 2 aromatic carbocycles. The van der Waals surface area contributed by atoms with E-state index in [1.807, 2.05) is 36.4 Å². The van der Waals surface area contributed by atoms with Crippen LogP contribution in [-0.2, 0) is 4.79 Å². The van der Waals surface area contributed by atoms with E-state index in [-0.39, 0.29) is 5.91 Å². The van der Waals surface area contributed by atoms with Crippen LogP contribution in [0, 0.1) is 0 Å². The molecule has 2 aliphatic rings. The van der Waals surface area contributed by atoms with Crippen LogP contribution in [0.25, 0.3) is 6.08 Å². The molecule has 5 nitrogen and oxygen atoms in total. The lowest BCUT2D eigenvalue weighted by molar-refractivity contribution is -0.115. The third-order valence-corrected chi connectivity index (χ3v) is 4.03. The molecule has 6 heteroatoms. The molecule has 24 heavy (non-hydrogen) atoms. The van der Waals surface area contributed by atoms with E-state index in [9.17, 15) is 4.79 Å². The van der Waals surface area contributed by atoms with Gasteiger partial charge in [0.05, 0.1) is 5.02 Å². The second kappa shape index (κ2) is 6.02. The van der Waals surface area contributed by atoms with E-state index in [1.165, 1.54) is 0 Å². The highest BCUT2D eigenvalue weighted by molar-refractivity contribution is 6.35. The zero-order valence-corrected chi connectivity index (χ0v) is 13.3. The summed E-state index contributed by atoms with van der Waals surface area (Å²) in [6, 6.07) is 12.8. The number of carbonyl (C=O) groups is 1. The van der Waals surface area contributed by atoms with Crippen molar-refractivity contribution in [3.8, 4) is 11.5 Å². The lowest BCUT2D eigenvalue weighted by Gasteiger charge is -2.18. The average molecular weight is 341 g/mol. The summed E-state index contributed by atoms with van der Waals surface area (Å²) < 4.78 is 11.0. The topological polar surface area (TPSA) is 59.9 Å². The van der Waals surface area contributed by atoms with Gasteiger partial charge in [-0.2, -0.15) is 0 Å². The molecule has 0 atom stereocenters. The zero-order valence-electron chi connectivity index (χ0n) is 12.6. The van der Waals surface area contributed by atoms with Crippen LogP contribution in [0.5, 0.6) is 11.5 Å². The smallest absolute Gasteiger partial charge is 0.275 e. The first-order chi connectivity index (χ1) is 11.7. The highest BCUT2D eigenvalue weighted by atomic mass is 35.5. The van der Waals surface area contributed by atoms with Crippen molar-refractivity contribution in [2.24, 2.45) is 4.99 Å². The molecule has 0 aromatic heterocycles. The summed E-state index contributed by atoms with van der Waals surface area (Å²) in [7, 11) is 0. The Morgan fingerprint density at radius 2 is 1.88 bits per heavy atom. The van der Waals surface area contributed by atoms with Crippen molar-refractivity contribution in [3.05, 3.63) is 64.3 Å². The molecule has 0 unspecified atom stereocenters. The molecule has 2 aliphatic heterocycles. The highest BCUT2D eigenvalue weighted by Crippen LogP contribution is 2.31. The molecular formula is C18H13ClN2O3. The fourth-order valence-corrected chi connectivity index (χ4v) is 2.78. The van der Waals surface area contributed by atoms with Gasteiger partial charge in [0.2, 0.25) is 0 Å². The summed E-state index contributed by atoms with van der Waals surface area (Å²) in [5.41, 5.74) is 1.83. The lowest BCUT2D eigenvalue weighted by Crippen LogP contribution is -2.24. The summed E-state index contributed by atoms with van der Waals surface area (Å²) in [6.45, 7) is 1.06. The third-order valence-electron chi connectivity index (χ3n) is 3.70. The predicted octanol–water partition coefficient (Wildman–Crippen LogP) is 3.03. The van der Waals surface area contributed by atoms with Gasteiger partial charge in [0.15, 0.2) is 11.5 Å². The van der Waals surface area contributed by atoms with Crippen LogP contribution in [0.4, 0.5) is 0 Å². The summed E-state index contributed by atoms with van der Waals surface area (Å²) >= 11 is 6.16. The number of rotatable bonds is 2. The van der Waals surface area contributed by atoms with Gasteiger partial charge in [0.25, 0.3) is 5.91 Å². The number of nitrogens with zero attached hydrogens (tertiary/aromatic N) is 1. The van der Waals surface area contributed by atoms with Crippen LogP contribution >= 0.6 is 11.6 Å². The first-order valence-electron chi connectivity index (χ1n) is 7.47. The van der Waals surface area contributed by atoms with Crippen molar-refractivity contribution in [3.63, 3.8) is 0 Å². The van der Waals surface area contributed by atoms with Crippen LogP contribution in [0.15, 0.2) is 53.2 Å².